The molecule has 28 heavy (non-hydrogen) atoms. The summed E-state index contributed by atoms with van der Waals surface area (Å²) in [6.45, 7) is 4.83. The first-order valence-corrected chi connectivity index (χ1v) is 10.3. The molecule has 1 aliphatic rings. The van der Waals surface area contributed by atoms with Crippen molar-refractivity contribution in [1.82, 2.24) is 5.32 Å². The van der Waals surface area contributed by atoms with Gasteiger partial charge in [0.25, 0.3) is 5.91 Å². The highest BCUT2D eigenvalue weighted by atomic mass is 32.2. The summed E-state index contributed by atoms with van der Waals surface area (Å²) in [6.07, 6.45) is 0.548. The average molecular weight is 400 g/mol. The summed E-state index contributed by atoms with van der Waals surface area (Å²) in [6, 6.07) is 13.7. The number of carbonyl (C=O) groups is 2. The standard InChI is InChI=1S/C22H25NO4S/c1-15-6-7-16(2)19(12-15)28-14-17-4-3-5-18(13-17)20(24)23-22(21(25)26)8-10-27-11-9-22/h3-7,12-13H,8-11,14H2,1-2H3,(H,23,24)(H,25,26). The minimum atomic E-state index is -1.25. The van der Waals surface area contributed by atoms with Crippen LogP contribution in [0.5, 0.6) is 0 Å². The van der Waals surface area contributed by atoms with Gasteiger partial charge in [0.1, 0.15) is 5.54 Å². The quantitative estimate of drug-likeness (QED) is 0.719. The zero-order chi connectivity index (χ0) is 20.1. The summed E-state index contributed by atoms with van der Waals surface area (Å²) in [5, 5.41) is 12.4. The maximum Gasteiger partial charge on any atom is 0.329 e. The maximum atomic E-state index is 12.7. The van der Waals surface area contributed by atoms with E-state index in [9.17, 15) is 14.7 Å². The molecule has 5 nitrogen and oxygen atoms in total. The lowest BCUT2D eigenvalue weighted by molar-refractivity contribution is -0.148. The molecule has 2 N–H and O–H groups in total. The first-order valence-electron chi connectivity index (χ1n) is 9.32. The number of ether oxygens (including phenoxy) is 1. The summed E-state index contributed by atoms with van der Waals surface area (Å²) < 4.78 is 5.26. The predicted octanol–water partition coefficient (Wildman–Crippen LogP) is 3.96. The number of aliphatic carboxylic acids is 1. The second-order valence-corrected chi connectivity index (χ2v) is 8.23. The molecule has 0 unspecified atom stereocenters. The molecule has 0 aliphatic carbocycles. The first kappa shape index (κ1) is 20.4. The van der Waals surface area contributed by atoms with Crippen LogP contribution in [-0.2, 0) is 15.3 Å². The van der Waals surface area contributed by atoms with Crippen molar-refractivity contribution >= 4 is 23.6 Å². The van der Waals surface area contributed by atoms with Gasteiger partial charge in [-0.05, 0) is 43.2 Å². The molecule has 0 bridgehead atoms. The zero-order valence-electron chi connectivity index (χ0n) is 16.2. The molecule has 0 aromatic heterocycles. The molecule has 1 saturated heterocycles. The van der Waals surface area contributed by atoms with Gasteiger partial charge >= 0.3 is 5.97 Å². The number of rotatable bonds is 6. The van der Waals surface area contributed by atoms with E-state index in [0.717, 1.165) is 11.3 Å². The third-order valence-corrected chi connectivity index (χ3v) is 6.26. The number of nitrogens with one attached hydrogen (secondary N) is 1. The van der Waals surface area contributed by atoms with Crippen LogP contribution in [0.1, 0.15) is 39.9 Å². The number of hydrogen-bond acceptors (Lipinski definition) is 4. The van der Waals surface area contributed by atoms with E-state index in [0.29, 0.717) is 18.8 Å². The Morgan fingerprint density at radius 3 is 2.61 bits per heavy atom. The van der Waals surface area contributed by atoms with E-state index in [2.05, 4.69) is 37.4 Å². The zero-order valence-corrected chi connectivity index (χ0v) is 17.0. The molecule has 1 heterocycles. The molecular weight excluding hydrogens is 374 g/mol. The number of amides is 1. The van der Waals surface area contributed by atoms with Crippen molar-refractivity contribution in [2.45, 2.75) is 42.9 Å². The molecule has 2 aromatic rings. The van der Waals surface area contributed by atoms with E-state index in [1.54, 1.807) is 17.8 Å². The van der Waals surface area contributed by atoms with Crippen LogP contribution in [0, 0.1) is 13.8 Å². The normalized spacial score (nSPS) is 15.8. The number of carboxylic acids is 1. The van der Waals surface area contributed by atoms with Gasteiger partial charge in [0.05, 0.1) is 0 Å². The van der Waals surface area contributed by atoms with Gasteiger partial charge in [0.15, 0.2) is 0 Å². The van der Waals surface area contributed by atoms with Gasteiger partial charge in [0, 0.05) is 42.3 Å². The van der Waals surface area contributed by atoms with Gasteiger partial charge in [0.2, 0.25) is 0 Å². The van der Waals surface area contributed by atoms with E-state index in [1.165, 1.54) is 16.0 Å². The molecule has 0 radical (unpaired) electrons. The van der Waals surface area contributed by atoms with Crippen LogP contribution in [0.4, 0.5) is 0 Å². The fourth-order valence-electron chi connectivity index (χ4n) is 3.23. The molecular formula is C22H25NO4S. The second kappa shape index (κ2) is 8.80. The third kappa shape index (κ3) is 4.75. The molecule has 0 spiro atoms. The van der Waals surface area contributed by atoms with Gasteiger partial charge in [-0.15, -0.1) is 11.8 Å². The van der Waals surface area contributed by atoms with Crippen molar-refractivity contribution in [3.63, 3.8) is 0 Å². The van der Waals surface area contributed by atoms with Gasteiger partial charge in [-0.25, -0.2) is 4.79 Å². The molecule has 3 rings (SSSR count). The van der Waals surface area contributed by atoms with E-state index in [4.69, 9.17) is 4.74 Å². The largest absolute Gasteiger partial charge is 0.480 e. The molecule has 1 fully saturated rings. The molecule has 0 atom stereocenters. The Bertz CT molecular complexity index is 875. The van der Waals surface area contributed by atoms with Gasteiger partial charge in [-0.1, -0.05) is 29.8 Å². The minimum Gasteiger partial charge on any atom is -0.480 e. The maximum absolute atomic E-state index is 12.7. The smallest absolute Gasteiger partial charge is 0.329 e. The number of hydrogen-bond donors (Lipinski definition) is 2. The lowest BCUT2D eigenvalue weighted by atomic mass is 9.89. The SMILES string of the molecule is Cc1ccc(C)c(SCc2cccc(C(=O)NC3(C(=O)O)CCOCC3)c2)c1. The van der Waals surface area contributed by atoms with E-state index in [-0.39, 0.29) is 18.7 Å². The summed E-state index contributed by atoms with van der Waals surface area (Å²) in [5.41, 5.74) is 2.70. The fourth-order valence-corrected chi connectivity index (χ4v) is 4.29. The number of thioether (sulfide) groups is 1. The van der Waals surface area contributed by atoms with Crippen LogP contribution in [0.3, 0.4) is 0 Å². The molecule has 6 heteroatoms. The Morgan fingerprint density at radius 1 is 1.14 bits per heavy atom. The van der Waals surface area contributed by atoms with Crippen LogP contribution in [0.2, 0.25) is 0 Å². The number of benzene rings is 2. The Labute approximate surface area is 169 Å². The Balaban J connectivity index is 1.70. The van der Waals surface area contributed by atoms with E-state index >= 15 is 0 Å². The monoisotopic (exact) mass is 399 g/mol. The molecule has 1 amide bonds. The van der Waals surface area contributed by atoms with Crippen LogP contribution in [-0.4, -0.2) is 35.7 Å². The van der Waals surface area contributed by atoms with Gasteiger partial charge < -0.3 is 15.2 Å². The van der Waals surface area contributed by atoms with Crippen molar-refractivity contribution in [2.24, 2.45) is 0 Å². The molecule has 2 aromatic carbocycles. The third-order valence-electron chi connectivity index (χ3n) is 5.04. The van der Waals surface area contributed by atoms with E-state index in [1.807, 2.05) is 18.2 Å². The Hall–Kier alpha value is -2.31. The van der Waals surface area contributed by atoms with Crippen LogP contribution < -0.4 is 5.32 Å². The van der Waals surface area contributed by atoms with Crippen molar-refractivity contribution in [3.05, 3.63) is 64.7 Å². The average Bonchev–Trinajstić information content (AvgIpc) is 2.69. The van der Waals surface area contributed by atoms with Crippen molar-refractivity contribution in [3.8, 4) is 0 Å². The number of carbonyl (C=O) groups excluding carboxylic acids is 1. The fraction of sp³-hybridized carbons (Fsp3) is 0.364. The van der Waals surface area contributed by atoms with Gasteiger partial charge in [-0.3, -0.25) is 4.79 Å². The highest BCUT2D eigenvalue weighted by Crippen LogP contribution is 2.27. The number of aryl methyl sites for hydroxylation is 2. The molecule has 0 saturated carbocycles. The van der Waals surface area contributed by atoms with Crippen molar-refractivity contribution in [2.75, 3.05) is 13.2 Å². The highest BCUT2D eigenvalue weighted by molar-refractivity contribution is 7.98. The minimum absolute atomic E-state index is 0.274. The van der Waals surface area contributed by atoms with Crippen molar-refractivity contribution < 1.29 is 19.4 Å². The summed E-state index contributed by atoms with van der Waals surface area (Å²) >= 11 is 1.73. The molecule has 148 valence electrons. The Morgan fingerprint density at radius 2 is 1.89 bits per heavy atom. The summed E-state index contributed by atoms with van der Waals surface area (Å²) in [7, 11) is 0. The summed E-state index contributed by atoms with van der Waals surface area (Å²) in [4.78, 5) is 25.7. The topological polar surface area (TPSA) is 75.6 Å². The second-order valence-electron chi connectivity index (χ2n) is 7.21. The number of carboxylic acid groups (broad SMARTS) is 1. The van der Waals surface area contributed by atoms with Crippen LogP contribution in [0.15, 0.2) is 47.4 Å². The highest BCUT2D eigenvalue weighted by Gasteiger charge is 2.41. The lowest BCUT2D eigenvalue weighted by Crippen LogP contribution is -2.57. The van der Waals surface area contributed by atoms with Crippen LogP contribution >= 0.6 is 11.8 Å². The predicted molar refractivity (Wildman–Crippen MR) is 110 cm³/mol. The Kier molecular flexibility index (Phi) is 6.42. The first-order chi connectivity index (χ1) is 13.4. The van der Waals surface area contributed by atoms with Gasteiger partial charge in [-0.2, -0.15) is 0 Å². The van der Waals surface area contributed by atoms with Crippen LogP contribution in [0.25, 0.3) is 0 Å². The lowest BCUT2D eigenvalue weighted by Gasteiger charge is -2.33. The summed E-state index contributed by atoms with van der Waals surface area (Å²) in [5.74, 6) is -0.628. The van der Waals surface area contributed by atoms with Crippen molar-refractivity contribution in [1.29, 1.82) is 0 Å². The molecule has 1 aliphatic heterocycles. The van der Waals surface area contributed by atoms with E-state index < -0.39 is 11.5 Å².